The van der Waals surface area contributed by atoms with Crippen LogP contribution in [-0.4, -0.2) is 25.3 Å². The van der Waals surface area contributed by atoms with Gasteiger partial charge in [-0.3, -0.25) is 0 Å². The summed E-state index contributed by atoms with van der Waals surface area (Å²) in [5.41, 5.74) is 0.552. The summed E-state index contributed by atoms with van der Waals surface area (Å²) in [6.07, 6.45) is 5.38. The maximum absolute atomic E-state index is 5.86. The Bertz CT molecular complexity index is 213. The molecule has 1 aliphatic carbocycles. The molecule has 0 heterocycles. The molecule has 0 aromatic carbocycles. The fraction of sp³-hybridized carbons (Fsp3) is 1.00. The quantitative estimate of drug-likeness (QED) is 0.735. The molecule has 2 heteroatoms. The summed E-state index contributed by atoms with van der Waals surface area (Å²) in [5, 5.41) is 3.62. The third-order valence-corrected chi connectivity index (χ3v) is 3.63. The van der Waals surface area contributed by atoms with Gasteiger partial charge >= 0.3 is 0 Å². The van der Waals surface area contributed by atoms with Gasteiger partial charge in [0, 0.05) is 13.2 Å². The summed E-state index contributed by atoms with van der Waals surface area (Å²) in [7, 11) is 0. The van der Waals surface area contributed by atoms with E-state index in [-0.39, 0.29) is 5.60 Å². The van der Waals surface area contributed by atoms with Crippen LogP contribution in [0.1, 0.15) is 60.3 Å². The van der Waals surface area contributed by atoms with Crippen LogP contribution in [0.15, 0.2) is 0 Å². The maximum Gasteiger partial charge on any atom is 0.0598 e. The minimum Gasteiger partial charge on any atom is -0.376 e. The summed E-state index contributed by atoms with van der Waals surface area (Å²) in [4.78, 5) is 0. The molecule has 1 aliphatic rings. The van der Waals surface area contributed by atoms with Gasteiger partial charge in [0.05, 0.1) is 5.60 Å². The zero-order chi connectivity index (χ0) is 12.9. The molecule has 0 spiro atoms. The lowest BCUT2D eigenvalue weighted by Crippen LogP contribution is -2.42. The molecule has 1 N–H and O–H groups in total. The Balaban J connectivity index is 2.21. The molecular formula is C15H31NO. The van der Waals surface area contributed by atoms with Crippen LogP contribution < -0.4 is 5.32 Å². The highest BCUT2D eigenvalue weighted by molar-refractivity contribution is 4.89. The van der Waals surface area contributed by atoms with Crippen LogP contribution in [0.2, 0.25) is 0 Å². The first-order valence-electron chi connectivity index (χ1n) is 7.18. The van der Waals surface area contributed by atoms with Gasteiger partial charge in [-0.2, -0.15) is 0 Å². The van der Waals surface area contributed by atoms with Crippen molar-refractivity contribution in [3.63, 3.8) is 0 Å². The fourth-order valence-corrected chi connectivity index (χ4v) is 2.39. The van der Waals surface area contributed by atoms with Gasteiger partial charge in [-0.25, -0.2) is 0 Å². The van der Waals surface area contributed by atoms with Gasteiger partial charge in [-0.15, -0.1) is 0 Å². The van der Waals surface area contributed by atoms with Crippen LogP contribution in [0.25, 0.3) is 0 Å². The number of nitrogens with one attached hydrogen (secondary N) is 1. The van der Waals surface area contributed by atoms with Gasteiger partial charge in [0.25, 0.3) is 0 Å². The Morgan fingerprint density at radius 1 is 1.24 bits per heavy atom. The monoisotopic (exact) mass is 241 g/mol. The van der Waals surface area contributed by atoms with Crippen LogP contribution in [0.4, 0.5) is 0 Å². The number of hydrogen-bond acceptors (Lipinski definition) is 2. The Labute approximate surface area is 108 Å². The Hall–Kier alpha value is -0.0800. The van der Waals surface area contributed by atoms with Crippen molar-refractivity contribution in [2.24, 2.45) is 11.3 Å². The lowest BCUT2D eigenvalue weighted by Gasteiger charge is -2.43. The van der Waals surface area contributed by atoms with Gasteiger partial charge in [0.2, 0.25) is 0 Å². The molecule has 0 atom stereocenters. The van der Waals surface area contributed by atoms with E-state index in [1.807, 2.05) is 0 Å². The molecule has 0 aromatic rings. The first-order valence-corrected chi connectivity index (χ1v) is 7.18. The Kier molecular flexibility index (Phi) is 5.46. The molecule has 0 bridgehead atoms. The van der Waals surface area contributed by atoms with Crippen LogP contribution in [0.5, 0.6) is 0 Å². The molecule has 1 saturated carbocycles. The summed E-state index contributed by atoms with van der Waals surface area (Å²) < 4.78 is 5.86. The highest BCUT2D eigenvalue weighted by Gasteiger charge is 2.36. The first kappa shape index (κ1) is 15.0. The largest absolute Gasteiger partial charge is 0.376 e. The summed E-state index contributed by atoms with van der Waals surface area (Å²) >= 11 is 0. The molecule has 1 fully saturated rings. The van der Waals surface area contributed by atoms with E-state index in [0.29, 0.717) is 5.41 Å². The summed E-state index contributed by atoms with van der Waals surface area (Å²) in [5.74, 6) is 0.748. The van der Waals surface area contributed by atoms with E-state index in [9.17, 15) is 0 Å². The van der Waals surface area contributed by atoms with Crippen molar-refractivity contribution in [2.75, 3.05) is 19.7 Å². The van der Waals surface area contributed by atoms with Crippen LogP contribution in [0.3, 0.4) is 0 Å². The lowest BCUT2D eigenvalue weighted by molar-refractivity contribution is -0.0311. The minimum atomic E-state index is 0.0102. The van der Waals surface area contributed by atoms with Crippen molar-refractivity contribution >= 4 is 0 Å². The third kappa shape index (κ3) is 5.87. The normalized spacial score (nSPS) is 19.4. The fourth-order valence-electron chi connectivity index (χ4n) is 2.39. The highest BCUT2D eigenvalue weighted by atomic mass is 16.5. The Morgan fingerprint density at radius 2 is 1.88 bits per heavy atom. The van der Waals surface area contributed by atoms with Crippen molar-refractivity contribution in [3.8, 4) is 0 Å². The second kappa shape index (κ2) is 6.19. The molecule has 17 heavy (non-hydrogen) atoms. The smallest absolute Gasteiger partial charge is 0.0598 e. The average molecular weight is 241 g/mol. The van der Waals surface area contributed by atoms with E-state index in [1.54, 1.807) is 0 Å². The molecule has 0 radical (unpaired) electrons. The molecule has 102 valence electrons. The van der Waals surface area contributed by atoms with Crippen molar-refractivity contribution in [2.45, 2.75) is 65.9 Å². The molecule has 2 nitrogen and oxygen atoms in total. The number of rotatable bonds is 7. The predicted molar refractivity (Wildman–Crippen MR) is 74.3 cm³/mol. The lowest BCUT2D eigenvalue weighted by atomic mass is 9.66. The van der Waals surface area contributed by atoms with Crippen molar-refractivity contribution in [3.05, 3.63) is 0 Å². The molecule has 0 saturated heterocycles. The highest BCUT2D eigenvalue weighted by Crippen LogP contribution is 2.43. The van der Waals surface area contributed by atoms with E-state index in [1.165, 1.54) is 32.2 Å². The zero-order valence-electron chi connectivity index (χ0n) is 12.4. The van der Waals surface area contributed by atoms with E-state index in [4.69, 9.17) is 4.74 Å². The average Bonchev–Trinajstić information content (AvgIpc) is 2.10. The molecule has 1 rings (SSSR count). The third-order valence-electron chi connectivity index (χ3n) is 3.63. The first-order chi connectivity index (χ1) is 7.83. The van der Waals surface area contributed by atoms with Crippen LogP contribution in [0, 0.1) is 11.3 Å². The van der Waals surface area contributed by atoms with Gasteiger partial charge in [0.1, 0.15) is 0 Å². The zero-order valence-corrected chi connectivity index (χ0v) is 12.4. The topological polar surface area (TPSA) is 21.3 Å². The maximum atomic E-state index is 5.86. The second-order valence-corrected chi connectivity index (χ2v) is 7.09. The van der Waals surface area contributed by atoms with Crippen molar-refractivity contribution in [1.29, 1.82) is 0 Å². The van der Waals surface area contributed by atoms with E-state index >= 15 is 0 Å². The Morgan fingerprint density at radius 3 is 2.29 bits per heavy atom. The molecule has 0 aromatic heterocycles. The number of ether oxygens (including phenoxy) is 1. The molecule has 0 aliphatic heterocycles. The van der Waals surface area contributed by atoms with Crippen LogP contribution in [-0.2, 0) is 4.74 Å². The van der Waals surface area contributed by atoms with E-state index in [2.05, 4.69) is 39.9 Å². The molecule has 0 amide bonds. The van der Waals surface area contributed by atoms with E-state index in [0.717, 1.165) is 19.1 Å². The molecular weight excluding hydrogens is 210 g/mol. The van der Waals surface area contributed by atoms with Gasteiger partial charge in [-0.1, -0.05) is 20.3 Å². The van der Waals surface area contributed by atoms with Gasteiger partial charge in [0.15, 0.2) is 0 Å². The SMILES string of the molecule is CC(C)CNCC1(CCOC(C)(C)C)CCC1. The van der Waals surface area contributed by atoms with Crippen molar-refractivity contribution in [1.82, 2.24) is 5.32 Å². The van der Waals surface area contributed by atoms with E-state index < -0.39 is 0 Å². The number of hydrogen-bond donors (Lipinski definition) is 1. The standard InChI is InChI=1S/C15H31NO/c1-13(2)11-16-12-15(7-6-8-15)9-10-17-14(3,4)5/h13,16H,6-12H2,1-5H3. The summed E-state index contributed by atoms with van der Waals surface area (Å²) in [6.45, 7) is 14.2. The van der Waals surface area contributed by atoms with Crippen molar-refractivity contribution < 1.29 is 4.74 Å². The molecule has 0 unspecified atom stereocenters. The predicted octanol–water partition coefficient (Wildman–Crippen LogP) is 3.61. The summed E-state index contributed by atoms with van der Waals surface area (Å²) in [6, 6.07) is 0. The van der Waals surface area contributed by atoms with Gasteiger partial charge < -0.3 is 10.1 Å². The van der Waals surface area contributed by atoms with Crippen LogP contribution >= 0.6 is 0 Å². The van der Waals surface area contributed by atoms with Gasteiger partial charge in [-0.05, 0) is 57.9 Å². The second-order valence-electron chi connectivity index (χ2n) is 7.09. The minimum absolute atomic E-state index is 0.0102.